The Hall–Kier alpha value is -1.59. The number of fused-ring (bicyclic) bond motifs is 3. The quantitative estimate of drug-likeness (QED) is 0.0506. The second-order valence-corrected chi connectivity index (χ2v) is 21.2. The van der Waals surface area contributed by atoms with Gasteiger partial charge in [-0.15, -0.1) is 0 Å². The van der Waals surface area contributed by atoms with Gasteiger partial charge >= 0.3 is 5.97 Å². The third-order valence-corrected chi connectivity index (χ3v) is 17.5. The fourth-order valence-electron chi connectivity index (χ4n) is 13.7. The zero-order chi connectivity index (χ0) is 48.7. The van der Waals surface area contributed by atoms with Gasteiger partial charge in [0, 0.05) is 5.92 Å². The molecule has 384 valence electrons. The van der Waals surface area contributed by atoms with E-state index in [0.29, 0.717) is 51.4 Å². The number of hydrogen-bond acceptors (Lipinski definition) is 22. The molecule has 4 saturated heterocycles. The molecule has 4 heterocycles. The van der Waals surface area contributed by atoms with E-state index in [2.05, 4.69) is 13.5 Å². The molecule has 22 heteroatoms. The van der Waals surface area contributed by atoms with Crippen LogP contribution in [0.15, 0.2) is 12.2 Å². The Balaban J connectivity index is 1.06. The van der Waals surface area contributed by atoms with Crippen LogP contribution in [0.2, 0.25) is 0 Å². The van der Waals surface area contributed by atoms with Gasteiger partial charge in [0.25, 0.3) is 0 Å². The van der Waals surface area contributed by atoms with Gasteiger partial charge in [-0.25, -0.2) is 0 Å². The molecule has 22 nitrogen and oxygen atoms in total. The molecule has 67 heavy (non-hydrogen) atoms. The lowest BCUT2D eigenvalue weighted by Crippen LogP contribution is -2.67. The van der Waals surface area contributed by atoms with E-state index >= 15 is 0 Å². The first kappa shape index (κ1) is 51.8. The maximum absolute atomic E-state index is 14.3. The van der Waals surface area contributed by atoms with Gasteiger partial charge in [-0.3, -0.25) is 4.79 Å². The molecule has 8 aliphatic rings. The van der Waals surface area contributed by atoms with E-state index in [4.69, 9.17) is 37.9 Å². The number of aliphatic hydroxyl groups excluding tert-OH is 13. The number of esters is 1. The van der Waals surface area contributed by atoms with Gasteiger partial charge in [-0.2, -0.15) is 0 Å². The zero-order valence-electron chi connectivity index (χ0n) is 38.1. The van der Waals surface area contributed by atoms with E-state index in [1.54, 1.807) is 6.92 Å². The van der Waals surface area contributed by atoms with Crippen molar-refractivity contribution in [3.8, 4) is 0 Å². The summed E-state index contributed by atoms with van der Waals surface area (Å²) in [6.45, 7) is 7.35. The third-order valence-electron chi connectivity index (χ3n) is 17.5. The van der Waals surface area contributed by atoms with Crippen LogP contribution in [0.25, 0.3) is 0 Å². The molecule has 0 radical (unpaired) electrons. The molecule has 4 aliphatic heterocycles. The van der Waals surface area contributed by atoms with Gasteiger partial charge in [-0.1, -0.05) is 26.8 Å². The number of rotatable bonds is 12. The van der Waals surface area contributed by atoms with E-state index < -0.39 is 171 Å². The number of carbonyl (C=O) groups excluding carboxylic acids is 1. The van der Waals surface area contributed by atoms with Crippen LogP contribution < -0.4 is 0 Å². The fraction of sp³-hybridized carbons (Fsp3) is 0.933. The van der Waals surface area contributed by atoms with Crippen molar-refractivity contribution in [2.75, 3.05) is 26.4 Å². The lowest BCUT2D eigenvalue weighted by Gasteiger charge is -2.64. The largest absolute Gasteiger partial charge is 0.432 e. The molecule has 8 fully saturated rings. The highest BCUT2D eigenvalue weighted by atomic mass is 16.8. The summed E-state index contributed by atoms with van der Waals surface area (Å²) in [6.07, 6.45) is -25.4. The average Bonchev–Trinajstić information content (AvgIpc) is 3.50. The van der Waals surface area contributed by atoms with Crippen molar-refractivity contribution in [2.45, 2.75) is 201 Å². The fourth-order valence-corrected chi connectivity index (χ4v) is 13.7. The minimum Gasteiger partial charge on any atom is -0.432 e. The van der Waals surface area contributed by atoms with Crippen LogP contribution in [0.1, 0.15) is 78.6 Å². The van der Waals surface area contributed by atoms with Crippen molar-refractivity contribution in [3.63, 3.8) is 0 Å². The first-order valence-electron chi connectivity index (χ1n) is 23.7. The summed E-state index contributed by atoms with van der Waals surface area (Å²) in [5.74, 6) is -1.49. The standard InChI is InChI=1S/C45H72O22/c1-18-12-44-10-6-24-42(3,8-5-9-43(24,4)41(59)66-39-34(58)31(55)28(52)22(15-48)62-39)25(44)7-11-45(18,17-44)67-40-36(65-37-32(56)26(50)19(2)20(13-46)60-37)35(29(53)23(16-49)63-40)64-38-33(57)30(54)27(51)21(14-47)61-38/h19-40,46-58H,1,5-17H2,2-4H3/t19-,20-,21-,22-,23-,24+,25+,26+,27-,28-,29-,30+,31+,32-,33-,34-,35+,36-,37+,38+,39?,40+,42-,43-,44-,45+/m1/s1. The monoisotopic (exact) mass is 964 g/mol. The Bertz CT molecular complexity index is 1760. The number of hydrogen-bond donors (Lipinski definition) is 13. The lowest BCUT2D eigenvalue weighted by molar-refractivity contribution is -0.398. The summed E-state index contributed by atoms with van der Waals surface area (Å²) < 4.78 is 48.8. The van der Waals surface area contributed by atoms with Gasteiger partial charge in [0.1, 0.15) is 79.4 Å². The third kappa shape index (κ3) is 8.64. The van der Waals surface area contributed by atoms with E-state index in [0.717, 1.165) is 12.0 Å². The average molecular weight is 965 g/mol. The van der Waals surface area contributed by atoms with Crippen molar-refractivity contribution in [3.05, 3.63) is 12.2 Å². The molecule has 26 atom stereocenters. The molecule has 0 aromatic rings. The molecule has 4 aliphatic carbocycles. The Labute approximate surface area is 387 Å². The normalized spacial score (nSPS) is 54.5. The highest BCUT2D eigenvalue weighted by molar-refractivity contribution is 5.77. The summed E-state index contributed by atoms with van der Waals surface area (Å²) in [5, 5.41) is 138. The molecular formula is C45H72O22. The smallest absolute Gasteiger partial charge is 0.314 e. The van der Waals surface area contributed by atoms with E-state index in [9.17, 15) is 71.2 Å². The number of carbonyl (C=O) groups is 1. The van der Waals surface area contributed by atoms with Crippen LogP contribution in [0, 0.1) is 34.0 Å². The van der Waals surface area contributed by atoms with Gasteiger partial charge in [0.2, 0.25) is 6.29 Å². The van der Waals surface area contributed by atoms with E-state index in [-0.39, 0.29) is 17.3 Å². The molecule has 1 spiro atoms. The van der Waals surface area contributed by atoms with Crippen LogP contribution in [-0.4, -0.2) is 221 Å². The molecule has 0 aromatic heterocycles. The molecule has 4 saturated carbocycles. The predicted octanol–water partition coefficient (Wildman–Crippen LogP) is -3.84. The molecule has 0 aromatic carbocycles. The van der Waals surface area contributed by atoms with Gasteiger partial charge in [-0.05, 0) is 86.5 Å². The van der Waals surface area contributed by atoms with Crippen LogP contribution in [0.5, 0.6) is 0 Å². The van der Waals surface area contributed by atoms with Crippen molar-refractivity contribution < 1.29 is 109 Å². The first-order valence-corrected chi connectivity index (χ1v) is 23.7. The second-order valence-electron chi connectivity index (χ2n) is 21.2. The zero-order valence-corrected chi connectivity index (χ0v) is 38.1. The van der Waals surface area contributed by atoms with Crippen LogP contribution in [0.4, 0.5) is 0 Å². The minimum atomic E-state index is -1.92. The SMILES string of the molecule is C=C1C[C@@]23CC[C@H]4[C@@](C)(CCC[C@@]4(C)C(=O)OC4O[C@H](CO)[C@@H](O)[C@H](O)[C@H]4O)[C@@H]2CC[C@]1(O[C@@H]1O[C@H](CO)[C@@H](O)[C@H](O[C@@H]2O[C@H](CO)[C@@H](O)[C@H](O)[C@H]2O)[C@H]1O[C@@H]1O[C@H](CO)[C@@H](C)[C@H](O)[C@H]1O)C3. The number of ether oxygens (including phenoxy) is 8. The van der Waals surface area contributed by atoms with Crippen LogP contribution in [0.3, 0.4) is 0 Å². The molecule has 8 rings (SSSR count). The van der Waals surface area contributed by atoms with Crippen molar-refractivity contribution in [2.24, 2.45) is 34.0 Å². The lowest BCUT2D eigenvalue weighted by atomic mass is 9.41. The van der Waals surface area contributed by atoms with Crippen molar-refractivity contribution in [1.82, 2.24) is 0 Å². The van der Waals surface area contributed by atoms with Gasteiger partial charge < -0.3 is 104 Å². The first-order chi connectivity index (χ1) is 31.6. The second kappa shape index (κ2) is 19.4. The molecular weight excluding hydrogens is 892 g/mol. The van der Waals surface area contributed by atoms with E-state index in [1.165, 1.54) is 0 Å². The Morgan fingerprint density at radius 2 is 1.10 bits per heavy atom. The summed E-state index contributed by atoms with van der Waals surface area (Å²) in [5.41, 5.74) is -2.19. The molecule has 2 bridgehead atoms. The summed E-state index contributed by atoms with van der Waals surface area (Å²) in [7, 11) is 0. The van der Waals surface area contributed by atoms with Crippen molar-refractivity contribution in [1.29, 1.82) is 0 Å². The Kier molecular flexibility index (Phi) is 15.0. The summed E-state index contributed by atoms with van der Waals surface area (Å²) in [4.78, 5) is 14.3. The topological polar surface area (TPSA) is 354 Å². The predicted molar refractivity (Wildman–Crippen MR) is 222 cm³/mol. The Morgan fingerprint density at radius 3 is 1.72 bits per heavy atom. The highest BCUT2D eigenvalue weighted by Crippen LogP contribution is 2.74. The molecule has 0 amide bonds. The number of aliphatic hydroxyl groups is 13. The summed E-state index contributed by atoms with van der Waals surface area (Å²) >= 11 is 0. The van der Waals surface area contributed by atoms with E-state index in [1.807, 2.05) is 6.92 Å². The summed E-state index contributed by atoms with van der Waals surface area (Å²) in [6, 6.07) is 0. The molecule has 1 unspecified atom stereocenters. The Morgan fingerprint density at radius 1 is 0.597 bits per heavy atom. The van der Waals surface area contributed by atoms with Crippen LogP contribution in [-0.2, 0) is 42.7 Å². The highest BCUT2D eigenvalue weighted by Gasteiger charge is 2.70. The van der Waals surface area contributed by atoms with Gasteiger partial charge in [0.15, 0.2) is 18.9 Å². The van der Waals surface area contributed by atoms with Gasteiger partial charge in [0.05, 0.1) is 49.7 Å². The maximum atomic E-state index is 14.3. The van der Waals surface area contributed by atoms with Crippen LogP contribution >= 0.6 is 0 Å². The molecule has 13 N–H and O–H groups in total. The maximum Gasteiger partial charge on any atom is 0.314 e. The van der Waals surface area contributed by atoms with Crippen molar-refractivity contribution >= 4 is 5.97 Å². The minimum absolute atomic E-state index is 0.0488.